The van der Waals surface area contributed by atoms with Gasteiger partial charge in [0.05, 0.1) is 0 Å². The van der Waals surface area contributed by atoms with E-state index >= 15 is 0 Å². The molecule has 3 N–H and O–H groups in total. The largest absolute Gasteiger partial charge is 0.324 e. The number of amides is 1. The number of thiophene rings is 1. The number of rotatable bonds is 5. The maximum Gasteiger partial charge on any atom is 0.246 e. The van der Waals surface area contributed by atoms with Gasteiger partial charge in [-0.25, -0.2) is 0 Å². The van der Waals surface area contributed by atoms with Crippen LogP contribution in [-0.2, 0) is 11.3 Å². The molecule has 0 aliphatic rings. The van der Waals surface area contributed by atoms with Crippen molar-refractivity contribution in [2.75, 3.05) is 19.4 Å². The Balaban J connectivity index is 2.11. The van der Waals surface area contributed by atoms with Crippen LogP contribution >= 0.6 is 11.3 Å². The monoisotopic (exact) mass is 289 g/mol. The molecule has 1 unspecified atom stereocenters. The normalized spacial score (nSPS) is 12.4. The Bertz CT molecular complexity index is 566. The van der Waals surface area contributed by atoms with Crippen molar-refractivity contribution in [3.8, 4) is 0 Å². The van der Waals surface area contributed by atoms with E-state index in [1.54, 1.807) is 0 Å². The molecule has 0 fully saturated rings. The fraction of sp³-hybridized carbons (Fsp3) is 0.267. The van der Waals surface area contributed by atoms with Crippen molar-refractivity contribution < 1.29 is 4.79 Å². The fourth-order valence-electron chi connectivity index (χ4n) is 1.93. The lowest BCUT2D eigenvalue weighted by Gasteiger charge is -2.16. The van der Waals surface area contributed by atoms with Crippen molar-refractivity contribution in [3.05, 3.63) is 52.2 Å². The molecule has 0 aliphatic heterocycles. The molecular weight excluding hydrogens is 270 g/mol. The molecule has 2 aromatic rings. The summed E-state index contributed by atoms with van der Waals surface area (Å²) >= 11 is 1.49. The second-order valence-corrected chi connectivity index (χ2v) is 5.86. The lowest BCUT2D eigenvalue weighted by Crippen LogP contribution is -2.27. The molecule has 0 bridgehead atoms. The smallest absolute Gasteiger partial charge is 0.246 e. The van der Waals surface area contributed by atoms with Gasteiger partial charge in [-0.2, -0.15) is 0 Å². The molecule has 0 radical (unpaired) electrons. The van der Waals surface area contributed by atoms with Crippen LogP contribution in [0.2, 0.25) is 0 Å². The van der Waals surface area contributed by atoms with Gasteiger partial charge < -0.3 is 16.0 Å². The number of hydrogen-bond donors (Lipinski definition) is 2. The first-order chi connectivity index (χ1) is 9.58. The Labute approximate surface area is 123 Å². The third-order valence-corrected chi connectivity index (χ3v) is 3.85. The molecule has 20 heavy (non-hydrogen) atoms. The van der Waals surface area contributed by atoms with Crippen LogP contribution in [0.4, 0.5) is 5.69 Å². The van der Waals surface area contributed by atoms with E-state index in [0.717, 1.165) is 22.7 Å². The summed E-state index contributed by atoms with van der Waals surface area (Å²) in [4.78, 5) is 15.1. The number of nitrogens with two attached hydrogens (primary N) is 1. The first kappa shape index (κ1) is 14.7. The van der Waals surface area contributed by atoms with Gasteiger partial charge in [-0.1, -0.05) is 24.3 Å². The third kappa shape index (κ3) is 3.66. The topological polar surface area (TPSA) is 58.4 Å². The maximum atomic E-state index is 12.2. The molecule has 0 spiro atoms. The van der Waals surface area contributed by atoms with E-state index in [0.29, 0.717) is 0 Å². The first-order valence-corrected chi connectivity index (χ1v) is 7.28. The predicted octanol–water partition coefficient (Wildman–Crippen LogP) is 2.45. The van der Waals surface area contributed by atoms with Gasteiger partial charge in [0.25, 0.3) is 0 Å². The summed E-state index contributed by atoms with van der Waals surface area (Å²) < 4.78 is 0. The lowest BCUT2D eigenvalue weighted by molar-refractivity contribution is -0.117. The summed E-state index contributed by atoms with van der Waals surface area (Å²) in [5, 5.41) is 4.84. The summed E-state index contributed by atoms with van der Waals surface area (Å²) in [6.45, 7) is 0.769. The number of carbonyl (C=O) groups is 1. The summed E-state index contributed by atoms with van der Waals surface area (Å²) in [6.07, 6.45) is 0. The zero-order valence-electron chi connectivity index (χ0n) is 11.7. The number of benzene rings is 1. The number of para-hydroxylation sites is 1. The number of nitrogens with zero attached hydrogens (tertiary/aromatic N) is 1. The van der Waals surface area contributed by atoms with Crippen molar-refractivity contribution >= 4 is 22.9 Å². The minimum absolute atomic E-state index is 0.182. The van der Waals surface area contributed by atoms with Crippen LogP contribution in [0.5, 0.6) is 0 Å². The number of hydrogen-bond acceptors (Lipinski definition) is 4. The molecule has 5 heteroatoms. The van der Waals surface area contributed by atoms with Gasteiger partial charge >= 0.3 is 0 Å². The summed E-state index contributed by atoms with van der Waals surface area (Å²) in [5.74, 6) is -0.182. The minimum atomic E-state index is -0.623. The van der Waals surface area contributed by atoms with Gasteiger partial charge in [0.2, 0.25) is 5.91 Å². The second-order valence-electron chi connectivity index (χ2n) is 4.88. The first-order valence-electron chi connectivity index (χ1n) is 6.40. The van der Waals surface area contributed by atoms with E-state index in [2.05, 4.69) is 10.2 Å². The summed E-state index contributed by atoms with van der Waals surface area (Å²) in [7, 11) is 3.99. The van der Waals surface area contributed by atoms with Crippen molar-refractivity contribution in [1.82, 2.24) is 4.90 Å². The number of nitrogens with one attached hydrogen (secondary N) is 1. The van der Waals surface area contributed by atoms with Crippen LogP contribution in [0.25, 0.3) is 0 Å². The quantitative estimate of drug-likeness (QED) is 0.889. The highest BCUT2D eigenvalue weighted by Crippen LogP contribution is 2.21. The molecule has 106 valence electrons. The minimum Gasteiger partial charge on any atom is -0.324 e. The molecule has 1 heterocycles. The average molecular weight is 289 g/mol. The van der Waals surface area contributed by atoms with E-state index in [1.807, 2.05) is 55.9 Å². The number of anilines is 1. The molecule has 0 saturated heterocycles. The average Bonchev–Trinajstić information content (AvgIpc) is 2.93. The maximum absolute atomic E-state index is 12.2. The Morgan fingerprint density at radius 3 is 2.70 bits per heavy atom. The Morgan fingerprint density at radius 2 is 2.05 bits per heavy atom. The van der Waals surface area contributed by atoms with Crippen molar-refractivity contribution in [2.45, 2.75) is 12.6 Å². The van der Waals surface area contributed by atoms with Gasteiger partial charge in [0, 0.05) is 17.1 Å². The van der Waals surface area contributed by atoms with Crippen LogP contribution in [0, 0.1) is 0 Å². The van der Waals surface area contributed by atoms with Gasteiger partial charge in [0.1, 0.15) is 6.04 Å². The van der Waals surface area contributed by atoms with Gasteiger partial charge in [0.15, 0.2) is 0 Å². The van der Waals surface area contributed by atoms with Crippen LogP contribution in [-0.4, -0.2) is 24.9 Å². The molecule has 2 rings (SSSR count). The Morgan fingerprint density at radius 1 is 1.30 bits per heavy atom. The fourth-order valence-corrected chi connectivity index (χ4v) is 2.65. The van der Waals surface area contributed by atoms with Crippen LogP contribution < -0.4 is 11.1 Å². The van der Waals surface area contributed by atoms with Gasteiger partial charge in [-0.05, 0) is 37.2 Å². The number of carbonyl (C=O) groups excluding carboxylic acids is 1. The summed E-state index contributed by atoms with van der Waals surface area (Å²) in [5.41, 5.74) is 7.86. The summed E-state index contributed by atoms with van der Waals surface area (Å²) in [6, 6.07) is 10.9. The zero-order chi connectivity index (χ0) is 14.5. The van der Waals surface area contributed by atoms with Gasteiger partial charge in [-0.15, -0.1) is 11.3 Å². The highest BCUT2D eigenvalue weighted by molar-refractivity contribution is 7.10. The Hall–Kier alpha value is -1.69. The van der Waals surface area contributed by atoms with Crippen molar-refractivity contribution in [3.63, 3.8) is 0 Å². The van der Waals surface area contributed by atoms with E-state index in [1.165, 1.54) is 11.3 Å². The van der Waals surface area contributed by atoms with Crippen LogP contribution in [0.1, 0.15) is 16.5 Å². The van der Waals surface area contributed by atoms with Crippen LogP contribution in [0.15, 0.2) is 41.8 Å². The SMILES string of the molecule is CN(C)Cc1ccccc1NC(=O)C(N)c1cccs1. The second kappa shape index (κ2) is 6.65. The van der Waals surface area contributed by atoms with E-state index in [4.69, 9.17) is 5.73 Å². The van der Waals surface area contributed by atoms with Crippen molar-refractivity contribution in [1.29, 1.82) is 0 Å². The molecule has 0 aliphatic carbocycles. The van der Waals surface area contributed by atoms with E-state index in [-0.39, 0.29) is 5.91 Å². The third-order valence-electron chi connectivity index (χ3n) is 2.89. The molecule has 4 nitrogen and oxygen atoms in total. The predicted molar refractivity (Wildman–Crippen MR) is 83.7 cm³/mol. The lowest BCUT2D eigenvalue weighted by atomic mass is 10.1. The molecule has 1 amide bonds. The molecular formula is C15H19N3OS. The van der Waals surface area contributed by atoms with Crippen molar-refractivity contribution in [2.24, 2.45) is 5.73 Å². The van der Waals surface area contributed by atoms with Gasteiger partial charge in [-0.3, -0.25) is 4.79 Å². The molecule has 0 saturated carbocycles. The molecule has 1 atom stereocenters. The zero-order valence-corrected chi connectivity index (χ0v) is 12.5. The standard InChI is InChI=1S/C15H19N3OS/c1-18(2)10-11-6-3-4-7-12(11)17-15(19)14(16)13-8-5-9-20-13/h3-9,14H,10,16H2,1-2H3,(H,17,19). The molecule has 1 aromatic carbocycles. The van der Waals surface area contributed by atoms with Crippen LogP contribution in [0.3, 0.4) is 0 Å². The van der Waals surface area contributed by atoms with E-state index < -0.39 is 6.04 Å². The highest BCUT2D eigenvalue weighted by Gasteiger charge is 2.17. The Kier molecular flexibility index (Phi) is 4.89. The molecule has 1 aromatic heterocycles. The highest BCUT2D eigenvalue weighted by atomic mass is 32.1. The van der Waals surface area contributed by atoms with E-state index in [9.17, 15) is 4.79 Å².